The molecule has 1 unspecified atom stereocenters. The second kappa shape index (κ2) is 6.81. The molecule has 1 aromatic carbocycles. The van der Waals surface area contributed by atoms with Crippen LogP contribution in [0, 0.1) is 11.7 Å². The molecule has 7 nitrogen and oxygen atoms in total. The number of halogens is 1. The Morgan fingerprint density at radius 3 is 2.61 bits per heavy atom. The van der Waals surface area contributed by atoms with Gasteiger partial charge in [0, 0.05) is 31.3 Å². The predicted molar refractivity (Wildman–Crippen MR) is 107 cm³/mol. The molecule has 154 valence electrons. The number of rotatable bonds is 4. The molecule has 9 heteroatoms. The van der Waals surface area contributed by atoms with Crippen molar-refractivity contribution in [3.8, 4) is 0 Å². The van der Waals surface area contributed by atoms with Crippen molar-refractivity contribution in [2.45, 2.75) is 50.3 Å². The Bertz CT molecular complexity index is 940. The van der Waals surface area contributed by atoms with Gasteiger partial charge >= 0.3 is 0 Å². The highest BCUT2D eigenvalue weighted by molar-refractivity contribution is 7.91. The maximum atomic E-state index is 14.7. The molecule has 0 radical (unpaired) electrons. The Labute approximate surface area is 165 Å². The lowest BCUT2D eigenvalue weighted by atomic mass is 9.91. The van der Waals surface area contributed by atoms with Crippen molar-refractivity contribution in [3.63, 3.8) is 0 Å². The topological polar surface area (TPSA) is 105 Å². The number of benzene rings is 1. The fourth-order valence-corrected chi connectivity index (χ4v) is 4.94. The van der Waals surface area contributed by atoms with Crippen molar-refractivity contribution >= 4 is 27.5 Å². The van der Waals surface area contributed by atoms with Crippen LogP contribution in [-0.4, -0.2) is 42.8 Å². The highest BCUT2D eigenvalue weighted by atomic mass is 32.2. The predicted octanol–water partition coefficient (Wildman–Crippen LogP) is 2.19. The van der Waals surface area contributed by atoms with Crippen LogP contribution in [0.4, 0.5) is 10.1 Å². The van der Waals surface area contributed by atoms with Crippen LogP contribution in [0.2, 0.25) is 0 Å². The number of nitrogens with one attached hydrogen (secondary N) is 1. The molecule has 1 heterocycles. The number of hydrogen-bond acceptors (Lipinski definition) is 5. The molecule has 1 aromatic rings. The number of amidine groups is 1. The fourth-order valence-electron chi connectivity index (χ4n) is 3.43. The first-order chi connectivity index (χ1) is 12.9. The van der Waals surface area contributed by atoms with Crippen LogP contribution in [0.15, 0.2) is 23.2 Å². The fraction of sp³-hybridized carbons (Fsp3) is 0.579. The first-order valence-corrected chi connectivity index (χ1v) is 10.7. The summed E-state index contributed by atoms with van der Waals surface area (Å²) in [6, 6.07) is 4.25. The summed E-state index contributed by atoms with van der Waals surface area (Å²) in [5, 5.41) is 2.79. The van der Waals surface area contributed by atoms with Crippen molar-refractivity contribution < 1.29 is 17.6 Å². The minimum Gasteiger partial charge on any atom is -0.386 e. The normalized spacial score (nSPS) is 27.0. The van der Waals surface area contributed by atoms with Crippen LogP contribution in [-0.2, 0) is 20.4 Å². The first kappa shape index (κ1) is 20.7. The summed E-state index contributed by atoms with van der Waals surface area (Å²) >= 11 is 0. The molecule has 1 amide bonds. The molecule has 1 saturated carbocycles. The summed E-state index contributed by atoms with van der Waals surface area (Å²) in [5.41, 5.74) is 5.44. The smallest absolute Gasteiger partial charge is 0.226 e. The largest absolute Gasteiger partial charge is 0.386 e. The maximum absolute atomic E-state index is 14.7. The Kier molecular flexibility index (Phi) is 5.04. The number of carbonyl (C=O) groups excluding carboxylic acids is 1. The van der Waals surface area contributed by atoms with E-state index in [2.05, 4.69) is 10.3 Å². The zero-order valence-corrected chi connectivity index (χ0v) is 17.4. The summed E-state index contributed by atoms with van der Waals surface area (Å²) in [4.78, 5) is 16.5. The molecular formula is C19H27FN4O3S. The molecule has 0 aromatic heterocycles. The average Bonchev–Trinajstić information content (AvgIpc) is 3.39. The van der Waals surface area contributed by atoms with Gasteiger partial charge in [0.2, 0.25) is 15.9 Å². The molecule has 1 aliphatic carbocycles. The van der Waals surface area contributed by atoms with Gasteiger partial charge in [-0.2, -0.15) is 0 Å². The zero-order valence-electron chi connectivity index (χ0n) is 16.6. The number of nitrogens with two attached hydrogens (primary N) is 1. The Morgan fingerprint density at radius 2 is 2.00 bits per heavy atom. The number of sulfonamides is 1. The third-order valence-electron chi connectivity index (χ3n) is 5.57. The Morgan fingerprint density at radius 1 is 1.36 bits per heavy atom. The third kappa shape index (κ3) is 3.65. The van der Waals surface area contributed by atoms with Gasteiger partial charge in [0.25, 0.3) is 0 Å². The monoisotopic (exact) mass is 410 g/mol. The lowest BCUT2D eigenvalue weighted by molar-refractivity contribution is -0.116. The first-order valence-electron chi connectivity index (χ1n) is 9.28. The van der Waals surface area contributed by atoms with Crippen molar-refractivity contribution in [2.75, 3.05) is 18.9 Å². The SMILES string of the molecule is CN1CC(C)(c2cc(NC(=O)CC3CC3)ccc2F)N=C(N)C(C)(C)S1(=O)=O. The highest BCUT2D eigenvalue weighted by Gasteiger charge is 2.48. The van der Waals surface area contributed by atoms with E-state index in [0.29, 0.717) is 18.0 Å². The van der Waals surface area contributed by atoms with Gasteiger partial charge in [-0.1, -0.05) is 0 Å². The highest BCUT2D eigenvalue weighted by Crippen LogP contribution is 2.37. The van der Waals surface area contributed by atoms with Gasteiger partial charge in [-0.05, 0) is 57.7 Å². The number of anilines is 1. The van der Waals surface area contributed by atoms with Crippen LogP contribution >= 0.6 is 0 Å². The molecule has 28 heavy (non-hydrogen) atoms. The van der Waals surface area contributed by atoms with Gasteiger partial charge in [-0.3, -0.25) is 9.79 Å². The Balaban J connectivity index is 1.99. The van der Waals surface area contributed by atoms with Crippen LogP contribution in [0.5, 0.6) is 0 Å². The van der Waals surface area contributed by atoms with E-state index in [1.807, 2.05) is 0 Å². The van der Waals surface area contributed by atoms with Crippen LogP contribution in [0.1, 0.15) is 45.6 Å². The summed E-state index contributed by atoms with van der Waals surface area (Å²) in [6.07, 6.45) is 2.57. The molecule has 3 rings (SSSR count). The second-order valence-corrected chi connectivity index (χ2v) is 11.0. The zero-order chi connectivity index (χ0) is 20.9. The van der Waals surface area contributed by atoms with Crippen molar-refractivity contribution in [1.82, 2.24) is 4.31 Å². The lowest BCUT2D eigenvalue weighted by Crippen LogP contribution is -2.50. The molecule has 2 aliphatic rings. The number of amides is 1. The lowest BCUT2D eigenvalue weighted by Gasteiger charge is -2.29. The quantitative estimate of drug-likeness (QED) is 0.794. The van der Waals surface area contributed by atoms with Crippen molar-refractivity contribution in [2.24, 2.45) is 16.6 Å². The Hall–Kier alpha value is -2.00. The van der Waals surface area contributed by atoms with E-state index in [1.165, 1.54) is 39.1 Å². The van der Waals surface area contributed by atoms with Crippen molar-refractivity contribution in [3.05, 3.63) is 29.6 Å². The molecule has 1 atom stereocenters. The van der Waals surface area contributed by atoms with E-state index in [4.69, 9.17) is 5.73 Å². The maximum Gasteiger partial charge on any atom is 0.226 e. The number of nitrogens with zero attached hydrogens (tertiary/aromatic N) is 2. The molecule has 3 N–H and O–H groups in total. The van der Waals surface area contributed by atoms with Crippen molar-refractivity contribution in [1.29, 1.82) is 0 Å². The van der Waals surface area contributed by atoms with Crippen LogP contribution in [0.3, 0.4) is 0 Å². The number of aliphatic imine (C=N–C) groups is 1. The van der Waals surface area contributed by atoms with Crippen LogP contribution in [0.25, 0.3) is 0 Å². The van der Waals surface area contributed by atoms with E-state index in [-0.39, 0.29) is 23.9 Å². The molecule has 1 fully saturated rings. The van der Waals surface area contributed by atoms with Gasteiger partial charge in [0.1, 0.15) is 21.9 Å². The van der Waals surface area contributed by atoms with E-state index in [9.17, 15) is 17.6 Å². The van der Waals surface area contributed by atoms with Gasteiger partial charge in [0.05, 0.1) is 0 Å². The number of hydrogen-bond donors (Lipinski definition) is 2. The summed E-state index contributed by atoms with van der Waals surface area (Å²) < 4.78 is 40.1. The van der Waals surface area contributed by atoms with Gasteiger partial charge in [-0.25, -0.2) is 17.1 Å². The van der Waals surface area contributed by atoms with Gasteiger partial charge in [0.15, 0.2) is 0 Å². The molecular weight excluding hydrogens is 383 g/mol. The molecule has 0 bridgehead atoms. The van der Waals surface area contributed by atoms with E-state index < -0.39 is 26.1 Å². The summed E-state index contributed by atoms with van der Waals surface area (Å²) in [5.74, 6) is -0.300. The average molecular weight is 411 g/mol. The van der Waals surface area contributed by atoms with E-state index in [1.54, 1.807) is 6.92 Å². The van der Waals surface area contributed by atoms with Gasteiger partial charge in [-0.15, -0.1) is 0 Å². The molecule has 0 saturated heterocycles. The number of carbonyl (C=O) groups is 1. The van der Waals surface area contributed by atoms with Crippen LogP contribution < -0.4 is 11.1 Å². The molecule has 0 spiro atoms. The van der Waals surface area contributed by atoms with E-state index in [0.717, 1.165) is 17.1 Å². The standard InChI is InChI=1S/C19H27FN4O3S/c1-18(2)17(21)23-19(3,11-24(4)28(18,26)27)14-10-13(7-8-15(14)20)22-16(25)9-12-5-6-12/h7-8,10,12H,5-6,9,11H2,1-4H3,(H2,21,23)(H,22,25). The third-order valence-corrected chi connectivity index (χ3v) is 8.02. The second-order valence-electron chi connectivity index (χ2n) is 8.43. The summed E-state index contributed by atoms with van der Waals surface area (Å²) in [7, 11) is -2.33. The number of likely N-dealkylation sites (N-methyl/N-ethyl adjacent to an activating group) is 1. The summed E-state index contributed by atoms with van der Waals surface area (Å²) in [6.45, 7) is 4.53. The minimum absolute atomic E-state index is 0.0736. The van der Waals surface area contributed by atoms with Gasteiger partial charge < -0.3 is 11.1 Å². The van der Waals surface area contributed by atoms with E-state index >= 15 is 0 Å². The minimum atomic E-state index is -3.77. The molecule has 1 aliphatic heterocycles.